The van der Waals surface area contributed by atoms with E-state index in [4.69, 9.17) is 5.26 Å². The van der Waals surface area contributed by atoms with Crippen molar-refractivity contribution in [1.82, 2.24) is 10.2 Å². The lowest BCUT2D eigenvalue weighted by Crippen LogP contribution is -1.95. The molecule has 0 saturated heterocycles. The van der Waals surface area contributed by atoms with Gasteiger partial charge in [-0.05, 0) is 24.3 Å². The number of nitriles is 1. The smallest absolute Gasteiger partial charge is 0.148 e. The van der Waals surface area contributed by atoms with E-state index in [0.717, 1.165) is 17.1 Å². The van der Waals surface area contributed by atoms with Crippen molar-refractivity contribution in [3.63, 3.8) is 0 Å². The largest absolute Gasteiger partial charge is 0.372 e. The number of anilines is 1. The first-order valence-corrected chi connectivity index (χ1v) is 4.85. The summed E-state index contributed by atoms with van der Waals surface area (Å²) in [7, 11) is 1.79. The van der Waals surface area contributed by atoms with Gasteiger partial charge in [-0.15, -0.1) is 10.2 Å². The molecule has 2 aromatic rings. The fourth-order valence-corrected chi connectivity index (χ4v) is 1.37. The fraction of sp³-hybridized carbons (Fsp3) is 0.0833. The second kappa shape index (κ2) is 4.41. The van der Waals surface area contributed by atoms with Crippen LogP contribution in [0.5, 0.6) is 0 Å². The molecule has 0 amide bonds. The average molecular weight is 210 g/mol. The van der Waals surface area contributed by atoms with Crippen LogP contribution in [0.15, 0.2) is 36.4 Å². The van der Waals surface area contributed by atoms with E-state index in [1.165, 1.54) is 0 Å². The van der Waals surface area contributed by atoms with Crippen molar-refractivity contribution in [3.05, 3.63) is 42.0 Å². The Kier molecular flexibility index (Phi) is 2.79. The predicted octanol–water partition coefficient (Wildman–Crippen LogP) is 2.06. The monoisotopic (exact) mass is 210 g/mol. The zero-order chi connectivity index (χ0) is 11.4. The second-order valence-electron chi connectivity index (χ2n) is 3.25. The molecule has 2 rings (SSSR count). The van der Waals surface area contributed by atoms with E-state index in [2.05, 4.69) is 21.6 Å². The Balaban J connectivity index is 2.39. The van der Waals surface area contributed by atoms with E-state index in [1.807, 2.05) is 24.3 Å². The first kappa shape index (κ1) is 10.1. The summed E-state index contributed by atoms with van der Waals surface area (Å²) >= 11 is 0. The van der Waals surface area contributed by atoms with Gasteiger partial charge in [0, 0.05) is 12.6 Å². The Bertz CT molecular complexity index is 525. The van der Waals surface area contributed by atoms with Crippen LogP contribution in [0.3, 0.4) is 0 Å². The van der Waals surface area contributed by atoms with Crippen LogP contribution in [-0.4, -0.2) is 17.2 Å². The quantitative estimate of drug-likeness (QED) is 0.824. The predicted molar refractivity (Wildman–Crippen MR) is 61.7 cm³/mol. The van der Waals surface area contributed by atoms with Crippen LogP contribution < -0.4 is 5.32 Å². The zero-order valence-corrected chi connectivity index (χ0v) is 8.81. The maximum Gasteiger partial charge on any atom is 0.148 e. The van der Waals surface area contributed by atoms with Gasteiger partial charge in [0.1, 0.15) is 5.82 Å². The molecule has 0 unspecified atom stereocenters. The van der Waals surface area contributed by atoms with Crippen LogP contribution in [0.25, 0.3) is 11.3 Å². The number of nitrogens with zero attached hydrogens (tertiary/aromatic N) is 3. The summed E-state index contributed by atoms with van der Waals surface area (Å²) in [5.74, 6) is 0.722. The molecular weight excluding hydrogens is 200 g/mol. The molecule has 0 aliphatic heterocycles. The lowest BCUT2D eigenvalue weighted by Gasteiger charge is -2.01. The second-order valence-corrected chi connectivity index (χ2v) is 3.25. The Labute approximate surface area is 93.6 Å². The molecule has 1 aromatic heterocycles. The van der Waals surface area contributed by atoms with Gasteiger partial charge in [-0.3, -0.25) is 0 Å². The minimum Gasteiger partial charge on any atom is -0.372 e. The van der Waals surface area contributed by atoms with Gasteiger partial charge < -0.3 is 5.32 Å². The summed E-state index contributed by atoms with van der Waals surface area (Å²) in [5, 5.41) is 19.8. The molecule has 1 aromatic carbocycles. The molecule has 0 aliphatic rings. The highest BCUT2D eigenvalue weighted by Crippen LogP contribution is 2.17. The molecule has 0 radical (unpaired) electrons. The van der Waals surface area contributed by atoms with Crippen molar-refractivity contribution >= 4 is 5.82 Å². The van der Waals surface area contributed by atoms with Gasteiger partial charge >= 0.3 is 0 Å². The van der Waals surface area contributed by atoms with Crippen molar-refractivity contribution < 1.29 is 0 Å². The summed E-state index contributed by atoms with van der Waals surface area (Å²) in [5.41, 5.74) is 2.28. The molecule has 0 aliphatic carbocycles. The molecule has 0 bridgehead atoms. The summed E-state index contributed by atoms with van der Waals surface area (Å²) in [6.45, 7) is 0. The highest BCUT2D eigenvalue weighted by Gasteiger charge is 2.01. The van der Waals surface area contributed by atoms with Crippen LogP contribution in [0.2, 0.25) is 0 Å². The Morgan fingerprint density at radius 2 is 2.06 bits per heavy atom. The van der Waals surface area contributed by atoms with E-state index in [9.17, 15) is 0 Å². The number of hydrogen-bond donors (Lipinski definition) is 1. The van der Waals surface area contributed by atoms with Crippen molar-refractivity contribution in [2.24, 2.45) is 0 Å². The number of nitrogens with one attached hydrogen (secondary N) is 1. The van der Waals surface area contributed by atoms with Gasteiger partial charge in [-0.1, -0.05) is 12.1 Å². The first-order chi connectivity index (χ1) is 7.83. The third-order valence-electron chi connectivity index (χ3n) is 2.21. The maximum absolute atomic E-state index is 8.80. The van der Waals surface area contributed by atoms with Gasteiger partial charge in [0.05, 0.1) is 17.3 Å². The van der Waals surface area contributed by atoms with E-state index in [1.54, 1.807) is 19.2 Å². The molecule has 0 saturated carbocycles. The molecule has 1 heterocycles. The lowest BCUT2D eigenvalue weighted by molar-refractivity contribution is 1.04. The highest BCUT2D eigenvalue weighted by atomic mass is 15.2. The van der Waals surface area contributed by atoms with E-state index >= 15 is 0 Å². The van der Waals surface area contributed by atoms with Crippen LogP contribution in [-0.2, 0) is 0 Å². The third kappa shape index (κ3) is 1.98. The maximum atomic E-state index is 8.80. The first-order valence-electron chi connectivity index (χ1n) is 4.85. The number of hydrogen-bond acceptors (Lipinski definition) is 4. The summed E-state index contributed by atoms with van der Waals surface area (Å²) in [4.78, 5) is 0. The van der Waals surface area contributed by atoms with E-state index in [0.29, 0.717) is 5.56 Å². The Hall–Kier alpha value is -2.41. The van der Waals surface area contributed by atoms with Crippen LogP contribution in [0, 0.1) is 11.3 Å². The van der Waals surface area contributed by atoms with Crippen LogP contribution in [0.4, 0.5) is 5.82 Å². The minimum absolute atomic E-state index is 0.622. The van der Waals surface area contributed by atoms with Crippen molar-refractivity contribution in [2.75, 3.05) is 12.4 Å². The third-order valence-corrected chi connectivity index (χ3v) is 2.21. The van der Waals surface area contributed by atoms with Crippen LogP contribution in [0.1, 0.15) is 5.56 Å². The average Bonchev–Trinajstić information content (AvgIpc) is 2.39. The molecule has 78 valence electrons. The molecule has 0 spiro atoms. The van der Waals surface area contributed by atoms with Gasteiger partial charge in [-0.25, -0.2) is 0 Å². The minimum atomic E-state index is 0.622. The number of rotatable bonds is 2. The van der Waals surface area contributed by atoms with Gasteiger partial charge in [-0.2, -0.15) is 5.26 Å². The van der Waals surface area contributed by atoms with E-state index in [-0.39, 0.29) is 0 Å². The molecule has 16 heavy (non-hydrogen) atoms. The van der Waals surface area contributed by atoms with Crippen molar-refractivity contribution in [2.45, 2.75) is 0 Å². The summed E-state index contributed by atoms with van der Waals surface area (Å²) < 4.78 is 0. The molecule has 4 heteroatoms. The van der Waals surface area contributed by atoms with E-state index < -0.39 is 0 Å². The summed E-state index contributed by atoms with van der Waals surface area (Å²) in [6, 6.07) is 13.1. The Morgan fingerprint density at radius 1 is 1.19 bits per heavy atom. The van der Waals surface area contributed by atoms with Crippen molar-refractivity contribution in [1.29, 1.82) is 5.26 Å². The molecule has 1 N–H and O–H groups in total. The van der Waals surface area contributed by atoms with Gasteiger partial charge in [0.15, 0.2) is 0 Å². The molecule has 0 fully saturated rings. The standard InChI is InChI=1S/C12H10N4/c1-14-12-6-5-11(15-16-12)10-4-2-3-9(7-10)8-13/h2-7H,1H3,(H,14,16). The number of aromatic nitrogens is 2. The van der Waals surface area contributed by atoms with Gasteiger partial charge in [0.2, 0.25) is 0 Å². The van der Waals surface area contributed by atoms with Crippen LogP contribution >= 0.6 is 0 Å². The van der Waals surface area contributed by atoms with Gasteiger partial charge in [0.25, 0.3) is 0 Å². The zero-order valence-electron chi connectivity index (χ0n) is 8.81. The molecule has 4 nitrogen and oxygen atoms in total. The van der Waals surface area contributed by atoms with Crippen molar-refractivity contribution in [3.8, 4) is 17.3 Å². The topological polar surface area (TPSA) is 61.6 Å². The Morgan fingerprint density at radius 3 is 2.69 bits per heavy atom. The SMILES string of the molecule is CNc1ccc(-c2cccc(C#N)c2)nn1. The normalized spacial score (nSPS) is 9.50. The fourth-order valence-electron chi connectivity index (χ4n) is 1.37. The lowest BCUT2D eigenvalue weighted by atomic mass is 10.1. The molecule has 0 atom stereocenters. The highest BCUT2D eigenvalue weighted by molar-refractivity contribution is 5.61. The number of benzene rings is 1. The molecular formula is C12H10N4. The summed E-state index contributed by atoms with van der Waals surface area (Å²) in [6.07, 6.45) is 0.